The van der Waals surface area contributed by atoms with Crippen LogP contribution in [-0.2, 0) is 14.3 Å². The van der Waals surface area contributed by atoms with Crippen LogP contribution in [0.3, 0.4) is 0 Å². The maximum Gasteiger partial charge on any atom is 0.306 e. The molecule has 0 radical (unpaired) electrons. The Bertz CT molecular complexity index is 1080. The summed E-state index contributed by atoms with van der Waals surface area (Å²) in [6, 6.07) is -0.738. The Balaban J connectivity index is 4.57. The average molecular weight is 884 g/mol. The van der Waals surface area contributed by atoms with Gasteiger partial charge in [-0.05, 0) is 63.9 Å². The first kappa shape index (κ1) is 60.8. The minimum absolute atomic E-state index is 0.0384. The Hall–Kier alpha value is -2.18. The molecule has 1 amide bonds. The van der Waals surface area contributed by atoms with Crippen molar-refractivity contribution in [1.29, 1.82) is 0 Å². The van der Waals surface area contributed by atoms with Crippen molar-refractivity contribution in [3.63, 3.8) is 0 Å². The van der Waals surface area contributed by atoms with Crippen LogP contribution in [0, 0.1) is 0 Å². The zero-order valence-electron chi connectivity index (χ0n) is 42.0. The van der Waals surface area contributed by atoms with Crippen LogP contribution in [0.4, 0.5) is 0 Å². The molecule has 0 spiro atoms. The first-order valence-corrected chi connectivity index (χ1v) is 27.4. The van der Waals surface area contributed by atoms with Gasteiger partial charge in [-0.3, -0.25) is 9.59 Å². The molecule has 3 N–H and O–H groups in total. The Labute approximate surface area is 391 Å². The van der Waals surface area contributed by atoms with Crippen molar-refractivity contribution in [3.05, 3.63) is 48.6 Å². The minimum Gasteiger partial charge on any atom is -0.458 e. The molecule has 0 fully saturated rings. The molecule has 0 aromatic rings. The molecule has 0 aromatic heterocycles. The van der Waals surface area contributed by atoms with E-state index in [0.717, 1.165) is 57.8 Å². The van der Waals surface area contributed by atoms with E-state index >= 15 is 0 Å². The molecule has 0 aliphatic carbocycles. The molecule has 0 aliphatic heterocycles. The molecular formula is C57H105NO5. The molecular weight excluding hydrogens is 779 g/mol. The third-order valence-electron chi connectivity index (χ3n) is 12.4. The highest BCUT2D eigenvalue weighted by Gasteiger charge is 2.23. The third kappa shape index (κ3) is 46.2. The summed E-state index contributed by atoms with van der Waals surface area (Å²) in [6.07, 6.45) is 62.1. The number of ether oxygens (including phenoxy) is 1. The Kier molecular flexibility index (Phi) is 49.1. The van der Waals surface area contributed by atoms with Gasteiger partial charge in [0.25, 0.3) is 0 Å². The largest absolute Gasteiger partial charge is 0.458 e. The normalized spacial score (nSPS) is 13.5. The molecule has 3 atom stereocenters. The first-order valence-electron chi connectivity index (χ1n) is 27.4. The second kappa shape index (κ2) is 50.8. The quantitative estimate of drug-likeness (QED) is 0.0245. The van der Waals surface area contributed by atoms with Gasteiger partial charge >= 0.3 is 5.97 Å². The van der Waals surface area contributed by atoms with Crippen LogP contribution in [0.25, 0.3) is 0 Å². The zero-order chi connectivity index (χ0) is 45.9. The number of nitrogens with one attached hydrogen (secondary N) is 1. The number of hydrogen-bond donors (Lipinski definition) is 3. The fourth-order valence-corrected chi connectivity index (χ4v) is 8.21. The Morgan fingerprint density at radius 1 is 0.492 bits per heavy atom. The van der Waals surface area contributed by atoms with Gasteiger partial charge in [0.15, 0.2) is 0 Å². The van der Waals surface area contributed by atoms with Crippen molar-refractivity contribution in [2.24, 2.45) is 0 Å². The molecule has 0 aromatic carbocycles. The van der Waals surface area contributed by atoms with E-state index in [1.54, 1.807) is 0 Å². The summed E-state index contributed by atoms with van der Waals surface area (Å²) in [6.45, 7) is 6.45. The molecule has 0 saturated heterocycles. The SMILES string of the molecule is CCCCCCCC/C=C\C/C=C/C(CC(=O)NC(CO)C(O)CCCCCCCCCCCCCCCCCCC)OC(=O)CCCCC/C=C/C=C/CCCCCCCCC. The Morgan fingerprint density at radius 3 is 1.33 bits per heavy atom. The molecule has 6 nitrogen and oxygen atoms in total. The molecule has 0 saturated carbocycles. The fraction of sp³-hybridized carbons (Fsp3) is 0.825. The summed E-state index contributed by atoms with van der Waals surface area (Å²) >= 11 is 0. The van der Waals surface area contributed by atoms with E-state index < -0.39 is 18.2 Å². The summed E-state index contributed by atoms with van der Waals surface area (Å²) < 4.78 is 5.82. The lowest BCUT2D eigenvalue weighted by Gasteiger charge is -2.23. The number of allylic oxidation sites excluding steroid dienone is 7. The lowest BCUT2D eigenvalue weighted by molar-refractivity contribution is -0.148. The molecule has 6 heteroatoms. The number of aliphatic hydroxyl groups excluding tert-OH is 2. The fourth-order valence-electron chi connectivity index (χ4n) is 8.21. The summed E-state index contributed by atoms with van der Waals surface area (Å²) in [5, 5.41) is 23.8. The highest BCUT2D eigenvalue weighted by molar-refractivity contribution is 5.78. The van der Waals surface area contributed by atoms with E-state index in [1.165, 1.54) is 173 Å². The van der Waals surface area contributed by atoms with Crippen molar-refractivity contribution in [1.82, 2.24) is 5.32 Å². The van der Waals surface area contributed by atoms with Gasteiger partial charge in [0.2, 0.25) is 5.91 Å². The smallest absolute Gasteiger partial charge is 0.306 e. The molecule has 368 valence electrons. The summed E-state index contributed by atoms with van der Waals surface area (Å²) in [7, 11) is 0. The van der Waals surface area contributed by atoms with Gasteiger partial charge < -0.3 is 20.3 Å². The number of hydrogen-bond acceptors (Lipinski definition) is 5. The van der Waals surface area contributed by atoms with Crippen molar-refractivity contribution in [2.75, 3.05) is 6.61 Å². The monoisotopic (exact) mass is 884 g/mol. The van der Waals surface area contributed by atoms with Gasteiger partial charge in [-0.25, -0.2) is 0 Å². The number of carbonyl (C=O) groups excluding carboxylic acids is 2. The van der Waals surface area contributed by atoms with E-state index in [2.05, 4.69) is 62.5 Å². The van der Waals surface area contributed by atoms with E-state index in [-0.39, 0.29) is 24.9 Å². The van der Waals surface area contributed by atoms with Crippen molar-refractivity contribution >= 4 is 11.9 Å². The number of amides is 1. The van der Waals surface area contributed by atoms with Gasteiger partial charge in [0, 0.05) is 6.42 Å². The predicted molar refractivity (Wildman–Crippen MR) is 273 cm³/mol. The van der Waals surface area contributed by atoms with Crippen LogP contribution in [0.15, 0.2) is 48.6 Å². The van der Waals surface area contributed by atoms with Crippen LogP contribution >= 0.6 is 0 Å². The summed E-state index contributed by atoms with van der Waals surface area (Å²) in [5.41, 5.74) is 0. The molecule has 63 heavy (non-hydrogen) atoms. The highest BCUT2D eigenvalue weighted by atomic mass is 16.5. The number of esters is 1. The summed E-state index contributed by atoms with van der Waals surface area (Å²) in [5.74, 6) is -0.628. The van der Waals surface area contributed by atoms with Crippen molar-refractivity contribution in [2.45, 2.75) is 296 Å². The zero-order valence-corrected chi connectivity index (χ0v) is 42.0. The molecule has 3 unspecified atom stereocenters. The van der Waals surface area contributed by atoms with Crippen LogP contribution in [0.1, 0.15) is 278 Å². The van der Waals surface area contributed by atoms with Crippen LogP contribution in [0.5, 0.6) is 0 Å². The van der Waals surface area contributed by atoms with Gasteiger partial charge in [-0.2, -0.15) is 0 Å². The first-order chi connectivity index (χ1) is 31.0. The average Bonchev–Trinajstić information content (AvgIpc) is 3.28. The van der Waals surface area contributed by atoms with Gasteiger partial charge in [0.05, 0.1) is 25.2 Å². The van der Waals surface area contributed by atoms with Crippen LogP contribution in [-0.4, -0.2) is 46.9 Å². The number of unbranched alkanes of at least 4 members (excludes halogenated alkanes) is 32. The predicted octanol–water partition coefficient (Wildman–Crippen LogP) is 16.6. The maximum absolute atomic E-state index is 13.2. The lowest BCUT2D eigenvalue weighted by Crippen LogP contribution is -2.46. The third-order valence-corrected chi connectivity index (χ3v) is 12.4. The molecule has 0 aliphatic rings. The molecule has 0 rings (SSSR count). The maximum atomic E-state index is 13.2. The van der Waals surface area contributed by atoms with E-state index in [1.807, 2.05) is 12.2 Å². The topological polar surface area (TPSA) is 95.9 Å². The van der Waals surface area contributed by atoms with Gasteiger partial charge in [-0.1, -0.05) is 250 Å². The minimum atomic E-state index is -0.815. The van der Waals surface area contributed by atoms with E-state index in [4.69, 9.17) is 4.74 Å². The second-order valence-corrected chi connectivity index (χ2v) is 18.7. The van der Waals surface area contributed by atoms with Gasteiger partial charge in [0.1, 0.15) is 6.10 Å². The molecule has 0 bridgehead atoms. The number of aliphatic hydroxyl groups is 2. The number of carbonyl (C=O) groups is 2. The van der Waals surface area contributed by atoms with Crippen molar-refractivity contribution in [3.8, 4) is 0 Å². The van der Waals surface area contributed by atoms with Crippen LogP contribution < -0.4 is 5.32 Å². The van der Waals surface area contributed by atoms with Gasteiger partial charge in [-0.15, -0.1) is 0 Å². The van der Waals surface area contributed by atoms with E-state index in [0.29, 0.717) is 19.3 Å². The highest BCUT2D eigenvalue weighted by Crippen LogP contribution is 2.16. The standard InChI is InChI=1S/C57H105NO5/c1-4-7-10-13-16-19-22-24-26-28-29-31-34-37-40-43-46-49-55(60)54(52-59)58-56(61)51-53(48-45-42-39-36-33-21-18-15-12-9-6-3)63-57(62)50-47-44-41-38-35-32-30-27-25-23-20-17-14-11-8-5-2/h27,30,32,35-36,39,45,48,53-55,59-60H,4-26,28-29,31,33-34,37-38,40-44,46-47,49-52H2,1-3H3,(H,58,61)/b30-27+,35-32+,39-36-,48-45+. The lowest BCUT2D eigenvalue weighted by atomic mass is 10.0. The molecule has 0 heterocycles. The number of rotatable bonds is 49. The van der Waals surface area contributed by atoms with Crippen LogP contribution in [0.2, 0.25) is 0 Å². The Morgan fingerprint density at radius 2 is 0.889 bits per heavy atom. The second-order valence-electron chi connectivity index (χ2n) is 18.7. The van der Waals surface area contributed by atoms with Crippen molar-refractivity contribution < 1.29 is 24.5 Å². The van der Waals surface area contributed by atoms with E-state index in [9.17, 15) is 19.8 Å². The summed E-state index contributed by atoms with van der Waals surface area (Å²) in [4.78, 5) is 26.1.